The van der Waals surface area contributed by atoms with Gasteiger partial charge in [0.2, 0.25) is 0 Å². The average Bonchev–Trinajstić information content (AvgIpc) is 2.36. The summed E-state index contributed by atoms with van der Waals surface area (Å²) in [6.07, 6.45) is -0.519. The summed E-state index contributed by atoms with van der Waals surface area (Å²) in [5.41, 5.74) is 0. The molecule has 0 aromatic heterocycles. The third-order valence-electron chi connectivity index (χ3n) is 2.39. The third kappa shape index (κ3) is 7.73. The van der Waals surface area contributed by atoms with Crippen molar-refractivity contribution in [2.75, 3.05) is 59.5 Å². The molecule has 0 amide bonds. The second kappa shape index (κ2) is 10.4. The molecule has 0 aromatic carbocycles. The molecule has 6 heteroatoms. The summed E-state index contributed by atoms with van der Waals surface area (Å²) in [5.74, 6) is -0.0384. The van der Waals surface area contributed by atoms with Crippen molar-refractivity contribution in [2.45, 2.75) is 13.0 Å². The van der Waals surface area contributed by atoms with Gasteiger partial charge in [0.25, 0.3) is 0 Å². The number of hydrogen-bond donors (Lipinski definition) is 0. The Morgan fingerprint density at radius 1 is 0.778 bits per heavy atom. The first kappa shape index (κ1) is 15.5. The number of carbonyl (C=O) groups excluding carboxylic acids is 1. The summed E-state index contributed by atoms with van der Waals surface area (Å²) in [6, 6.07) is 0. The maximum Gasteiger partial charge on any atom is 0.160 e. The SMILES string of the molecule is CC(=O)C1COCCOCCOCCOCCO1. The zero-order valence-corrected chi connectivity index (χ0v) is 10.9. The molecule has 0 aliphatic carbocycles. The maximum absolute atomic E-state index is 11.3. The van der Waals surface area contributed by atoms with Gasteiger partial charge in [-0.05, 0) is 6.92 Å². The fourth-order valence-corrected chi connectivity index (χ4v) is 1.38. The fraction of sp³-hybridized carbons (Fsp3) is 0.917. The Hall–Kier alpha value is -0.530. The van der Waals surface area contributed by atoms with Crippen LogP contribution in [0.1, 0.15) is 6.92 Å². The van der Waals surface area contributed by atoms with Crippen LogP contribution in [0, 0.1) is 0 Å². The normalized spacial score (nSPS) is 25.9. The largest absolute Gasteiger partial charge is 0.377 e. The van der Waals surface area contributed by atoms with Crippen LogP contribution in [0.2, 0.25) is 0 Å². The molecule has 18 heavy (non-hydrogen) atoms. The van der Waals surface area contributed by atoms with E-state index in [2.05, 4.69) is 0 Å². The van der Waals surface area contributed by atoms with Crippen LogP contribution in [0.5, 0.6) is 0 Å². The van der Waals surface area contributed by atoms with Crippen molar-refractivity contribution >= 4 is 5.78 Å². The minimum absolute atomic E-state index is 0.0384. The van der Waals surface area contributed by atoms with Crippen LogP contribution in [-0.4, -0.2) is 71.3 Å². The van der Waals surface area contributed by atoms with Crippen LogP contribution in [0.25, 0.3) is 0 Å². The second-order valence-electron chi connectivity index (χ2n) is 3.88. The Labute approximate surface area is 107 Å². The number of carbonyl (C=O) groups is 1. The quantitative estimate of drug-likeness (QED) is 0.665. The van der Waals surface area contributed by atoms with Crippen LogP contribution in [0.15, 0.2) is 0 Å². The summed E-state index contributed by atoms with van der Waals surface area (Å²) < 4.78 is 26.6. The highest BCUT2D eigenvalue weighted by molar-refractivity contribution is 5.80. The molecule has 0 radical (unpaired) electrons. The van der Waals surface area contributed by atoms with Gasteiger partial charge in [0, 0.05) is 0 Å². The lowest BCUT2D eigenvalue weighted by atomic mass is 10.3. The second-order valence-corrected chi connectivity index (χ2v) is 3.88. The van der Waals surface area contributed by atoms with Crippen LogP contribution < -0.4 is 0 Å². The Bertz CT molecular complexity index is 205. The molecule has 0 aromatic rings. The van der Waals surface area contributed by atoms with E-state index in [-0.39, 0.29) is 12.4 Å². The predicted molar refractivity (Wildman–Crippen MR) is 63.7 cm³/mol. The molecule has 106 valence electrons. The number of ether oxygens (including phenoxy) is 5. The molecule has 1 fully saturated rings. The van der Waals surface area contributed by atoms with Crippen molar-refractivity contribution in [2.24, 2.45) is 0 Å². The van der Waals surface area contributed by atoms with E-state index in [1.54, 1.807) is 0 Å². The van der Waals surface area contributed by atoms with Crippen molar-refractivity contribution in [3.8, 4) is 0 Å². The van der Waals surface area contributed by atoms with Gasteiger partial charge in [0.05, 0.1) is 59.5 Å². The first-order valence-electron chi connectivity index (χ1n) is 6.23. The summed E-state index contributed by atoms with van der Waals surface area (Å²) in [4.78, 5) is 11.3. The minimum atomic E-state index is -0.519. The van der Waals surface area contributed by atoms with E-state index in [0.717, 1.165) is 0 Å². The highest BCUT2D eigenvalue weighted by Crippen LogP contribution is 1.97. The number of rotatable bonds is 1. The summed E-state index contributed by atoms with van der Waals surface area (Å²) >= 11 is 0. The van der Waals surface area contributed by atoms with E-state index >= 15 is 0 Å². The smallest absolute Gasteiger partial charge is 0.160 e. The molecule has 0 bridgehead atoms. The van der Waals surface area contributed by atoms with Crippen molar-refractivity contribution in [1.29, 1.82) is 0 Å². The van der Waals surface area contributed by atoms with Gasteiger partial charge in [-0.3, -0.25) is 4.79 Å². The van der Waals surface area contributed by atoms with Gasteiger partial charge in [-0.15, -0.1) is 0 Å². The van der Waals surface area contributed by atoms with Crippen LogP contribution in [0.4, 0.5) is 0 Å². The lowest BCUT2D eigenvalue weighted by molar-refractivity contribution is -0.134. The Morgan fingerprint density at radius 2 is 1.22 bits per heavy atom. The molecule has 6 nitrogen and oxygen atoms in total. The zero-order chi connectivity index (χ0) is 13.1. The summed E-state index contributed by atoms with van der Waals surface area (Å²) in [6.45, 7) is 5.66. The predicted octanol–water partition coefficient (Wildman–Crippen LogP) is 0.0406. The van der Waals surface area contributed by atoms with Gasteiger partial charge < -0.3 is 23.7 Å². The topological polar surface area (TPSA) is 63.2 Å². The third-order valence-corrected chi connectivity index (χ3v) is 2.39. The van der Waals surface area contributed by atoms with E-state index in [1.165, 1.54) is 6.92 Å². The molecule has 1 atom stereocenters. The highest BCUT2D eigenvalue weighted by Gasteiger charge is 2.14. The molecule has 0 N–H and O–H groups in total. The Kier molecular flexibility index (Phi) is 8.97. The molecular formula is C12H22O6. The number of hydrogen-bond acceptors (Lipinski definition) is 6. The van der Waals surface area contributed by atoms with Crippen molar-refractivity contribution in [3.05, 3.63) is 0 Å². The minimum Gasteiger partial charge on any atom is -0.377 e. The lowest BCUT2D eigenvalue weighted by Gasteiger charge is -2.15. The molecular weight excluding hydrogens is 240 g/mol. The van der Waals surface area contributed by atoms with Gasteiger partial charge in [-0.2, -0.15) is 0 Å². The van der Waals surface area contributed by atoms with Gasteiger partial charge in [-0.25, -0.2) is 0 Å². The average molecular weight is 262 g/mol. The number of ketones is 1. The molecule has 0 spiro atoms. The van der Waals surface area contributed by atoms with E-state index < -0.39 is 6.10 Å². The molecule has 1 heterocycles. The molecule has 1 aliphatic rings. The summed E-state index contributed by atoms with van der Waals surface area (Å²) in [7, 11) is 0. The lowest BCUT2D eigenvalue weighted by Crippen LogP contribution is -2.29. The molecule has 1 saturated heterocycles. The van der Waals surface area contributed by atoms with Gasteiger partial charge in [0.15, 0.2) is 5.78 Å². The van der Waals surface area contributed by atoms with Gasteiger partial charge in [-0.1, -0.05) is 0 Å². The molecule has 1 aliphatic heterocycles. The molecule has 1 rings (SSSR count). The van der Waals surface area contributed by atoms with Crippen molar-refractivity contribution < 1.29 is 28.5 Å². The molecule has 1 unspecified atom stereocenters. The van der Waals surface area contributed by atoms with Crippen molar-refractivity contribution in [3.63, 3.8) is 0 Å². The fourth-order valence-electron chi connectivity index (χ4n) is 1.38. The van der Waals surface area contributed by atoms with Gasteiger partial charge in [0.1, 0.15) is 6.10 Å². The van der Waals surface area contributed by atoms with Gasteiger partial charge >= 0.3 is 0 Å². The maximum atomic E-state index is 11.3. The van der Waals surface area contributed by atoms with Crippen molar-refractivity contribution in [1.82, 2.24) is 0 Å². The standard InChI is InChI=1S/C12H22O6/c1-11(13)12-10-17-7-6-15-3-2-14-4-5-16-8-9-18-12/h12H,2-10H2,1H3. The Balaban J connectivity index is 2.26. The molecule has 0 saturated carbocycles. The zero-order valence-electron chi connectivity index (χ0n) is 10.9. The highest BCUT2D eigenvalue weighted by atomic mass is 16.6. The monoisotopic (exact) mass is 262 g/mol. The first-order chi connectivity index (χ1) is 8.80. The van der Waals surface area contributed by atoms with E-state index in [1.807, 2.05) is 0 Å². The van der Waals surface area contributed by atoms with E-state index in [9.17, 15) is 4.79 Å². The van der Waals surface area contributed by atoms with Crippen LogP contribution in [-0.2, 0) is 28.5 Å². The summed E-state index contributed by atoms with van der Waals surface area (Å²) in [5, 5.41) is 0. The van der Waals surface area contributed by atoms with Crippen LogP contribution >= 0.6 is 0 Å². The van der Waals surface area contributed by atoms with Crippen LogP contribution in [0.3, 0.4) is 0 Å². The van der Waals surface area contributed by atoms with E-state index in [4.69, 9.17) is 23.7 Å². The first-order valence-corrected chi connectivity index (χ1v) is 6.23. The van der Waals surface area contributed by atoms with E-state index in [0.29, 0.717) is 52.9 Å². The Morgan fingerprint density at radius 3 is 1.72 bits per heavy atom. The number of Topliss-reactive ketones (excluding diaryl/α,β-unsaturated/α-hetero) is 1.